The van der Waals surface area contributed by atoms with E-state index in [1.165, 1.54) is 12.1 Å². The number of hydrogen-bond donors (Lipinski definition) is 1. The zero-order valence-electron chi connectivity index (χ0n) is 9.99. The van der Waals surface area contributed by atoms with Gasteiger partial charge in [-0.2, -0.15) is 11.8 Å². The van der Waals surface area contributed by atoms with E-state index in [9.17, 15) is 8.78 Å². The molecule has 1 aromatic heterocycles. The quantitative estimate of drug-likeness (QED) is 0.918. The van der Waals surface area contributed by atoms with Gasteiger partial charge in [-0.15, -0.1) is 0 Å². The highest BCUT2D eigenvalue weighted by Gasteiger charge is 2.18. The number of nitrogens with two attached hydrogens (primary N) is 1. The minimum atomic E-state index is -0.598. The van der Waals surface area contributed by atoms with E-state index in [1.54, 1.807) is 11.8 Å². The van der Waals surface area contributed by atoms with Crippen LogP contribution in [0, 0.1) is 11.6 Å². The smallest absolute Gasteiger partial charge is 0.135 e. The van der Waals surface area contributed by atoms with Crippen LogP contribution in [0.15, 0.2) is 18.2 Å². The Balaban J connectivity index is 1.93. The van der Waals surface area contributed by atoms with Crippen LogP contribution in [-0.2, 0) is 17.9 Å². The highest BCUT2D eigenvalue weighted by Crippen LogP contribution is 2.31. The van der Waals surface area contributed by atoms with Crippen molar-refractivity contribution in [1.82, 2.24) is 9.97 Å². The molecular formula is C13H11F2N3S. The first-order chi connectivity index (χ1) is 9.11. The molecule has 3 rings (SSSR count). The topological polar surface area (TPSA) is 51.8 Å². The fourth-order valence-electron chi connectivity index (χ4n) is 2.10. The van der Waals surface area contributed by atoms with E-state index in [2.05, 4.69) is 9.97 Å². The highest BCUT2D eigenvalue weighted by molar-refractivity contribution is 7.98. The van der Waals surface area contributed by atoms with Crippen LogP contribution in [0.2, 0.25) is 0 Å². The van der Waals surface area contributed by atoms with Crippen molar-refractivity contribution in [1.29, 1.82) is 0 Å². The molecule has 0 saturated carbocycles. The second-order valence-corrected chi connectivity index (χ2v) is 5.38. The Labute approximate surface area is 113 Å². The lowest BCUT2D eigenvalue weighted by Crippen LogP contribution is -2.06. The third-order valence-corrected chi connectivity index (χ3v) is 3.91. The maximum absolute atomic E-state index is 13.1. The summed E-state index contributed by atoms with van der Waals surface area (Å²) in [6.07, 6.45) is 0.275. The Morgan fingerprint density at radius 2 is 1.84 bits per heavy atom. The van der Waals surface area contributed by atoms with Crippen LogP contribution in [0.4, 0.5) is 14.6 Å². The normalized spacial score (nSPS) is 13.6. The summed E-state index contributed by atoms with van der Waals surface area (Å²) in [4.78, 5) is 8.62. The van der Waals surface area contributed by atoms with Crippen molar-refractivity contribution in [2.24, 2.45) is 0 Å². The summed E-state index contributed by atoms with van der Waals surface area (Å²) in [7, 11) is 0. The molecule has 6 heteroatoms. The second kappa shape index (κ2) is 4.77. The van der Waals surface area contributed by atoms with Gasteiger partial charge in [0.25, 0.3) is 0 Å². The van der Waals surface area contributed by atoms with E-state index in [1.807, 2.05) is 0 Å². The third-order valence-electron chi connectivity index (χ3n) is 2.94. The fraction of sp³-hybridized carbons (Fsp3) is 0.231. The summed E-state index contributed by atoms with van der Waals surface area (Å²) in [5.74, 6) is 1.42. The largest absolute Gasteiger partial charge is 0.383 e. The molecule has 98 valence electrons. The number of aromatic nitrogens is 2. The molecule has 0 spiro atoms. The third kappa shape index (κ3) is 2.53. The van der Waals surface area contributed by atoms with Crippen molar-refractivity contribution in [2.45, 2.75) is 17.9 Å². The molecule has 2 heterocycles. The van der Waals surface area contributed by atoms with Gasteiger partial charge in [0.2, 0.25) is 0 Å². The van der Waals surface area contributed by atoms with Gasteiger partial charge in [-0.3, -0.25) is 0 Å². The minimum Gasteiger partial charge on any atom is -0.383 e. The van der Waals surface area contributed by atoms with Crippen LogP contribution in [0.25, 0.3) is 0 Å². The summed E-state index contributed by atoms with van der Waals surface area (Å²) in [6, 6.07) is 3.41. The molecule has 1 aromatic carbocycles. The lowest BCUT2D eigenvalue weighted by Gasteiger charge is -2.06. The molecule has 1 aliphatic rings. The van der Waals surface area contributed by atoms with E-state index in [4.69, 9.17) is 5.73 Å². The monoisotopic (exact) mass is 279 g/mol. The number of anilines is 1. The van der Waals surface area contributed by atoms with Gasteiger partial charge in [0.15, 0.2) is 0 Å². The molecule has 19 heavy (non-hydrogen) atoms. The standard InChI is InChI=1S/C13H11F2N3S/c14-8-1-7(2-9(15)4-8)3-12-17-11-6-19-5-10(11)13(16)18-12/h1-2,4H,3,5-6H2,(H2,16,17,18). The van der Waals surface area contributed by atoms with Crippen LogP contribution in [0.1, 0.15) is 22.6 Å². The maximum Gasteiger partial charge on any atom is 0.135 e. The minimum absolute atomic E-state index is 0.275. The van der Waals surface area contributed by atoms with Gasteiger partial charge in [0, 0.05) is 29.6 Å². The summed E-state index contributed by atoms with van der Waals surface area (Å²) < 4.78 is 26.2. The molecule has 1 aliphatic heterocycles. The van der Waals surface area contributed by atoms with Crippen LogP contribution < -0.4 is 5.73 Å². The van der Waals surface area contributed by atoms with E-state index >= 15 is 0 Å². The Morgan fingerprint density at radius 1 is 1.11 bits per heavy atom. The van der Waals surface area contributed by atoms with Gasteiger partial charge in [0.1, 0.15) is 23.3 Å². The van der Waals surface area contributed by atoms with Crippen LogP contribution in [0.5, 0.6) is 0 Å². The summed E-state index contributed by atoms with van der Waals surface area (Å²) in [5.41, 5.74) is 8.30. The van der Waals surface area contributed by atoms with Crippen molar-refractivity contribution in [3.8, 4) is 0 Å². The summed E-state index contributed by atoms with van der Waals surface area (Å²) >= 11 is 1.73. The van der Waals surface area contributed by atoms with E-state index in [0.29, 0.717) is 17.2 Å². The van der Waals surface area contributed by atoms with E-state index in [0.717, 1.165) is 28.8 Å². The van der Waals surface area contributed by atoms with Crippen molar-refractivity contribution >= 4 is 17.6 Å². The number of fused-ring (bicyclic) bond motifs is 1. The maximum atomic E-state index is 13.1. The number of hydrogen-bond acceptors (Lipinski definition) is 4. The van der Waals surface area contributed by atoms with Crippen LogP contribution >= 0.6 is 11.8 Å². The van der Waals surface area contributed by atoms with Crippen molar-refractivity contribution in [3.05, 3.63) is 52.5 Å². The Hall–Kier alpha value is -1.69. The molecular weight excluding hydrogens is 268 g/mol. The van der Waals surface area contributed by atoms with Crippen LogP contribution in [-0.4, -0.2) is 9.97 Å². The molecule has 3 nitrogen and oxygen atoms in total. The van der Waals surface area contributed by atoms with Gasteiger partial charge in [-0.25, -0.2) is 18.7 Å². The Morgan fingerprint density at radius 3 is 2.58 bits per heavy atom. The number of thioether (sulfide) groups is 1. The molecule has 0 bridgehead atoms. The van der Waals surface area contributed by atoms with Gasteiger partial charge >= 0.3 is 0 Å². The molecule has 0 atom stereocenters. The predicted octanol–water partition coefficient (Wildman–Crippen LogP) is 2.67. The summed E-state index contributed by atoms with van der Waals surface area (Å²) in [6.45, 7) is 0. The zero-order chi connectivity index (χ0) is 13.4. The van der Waals surface area contributed by atoms with Crippen molar-refractivity contribution in [3.63, 3.8) is 0 Å². The molecule has 0 saturated heterocycles. The van der Waals surface area contributed by atoms with E-state index < -0.39 is 11.6 Å². The molecule has 0 aliphatic carbocycles. The number of benzene rings is 1. The fourth-order valence-corrected chi connectivity index (χ4v) is 3.16. The van der Waals surface area contributed by atoms with Gasteiger partial charge in [0.05, 0.1) is 5.69 Å². The average Bonchev–Trinajstić information content (AvgIpc) is 2.75. The van der Waals surface area contributed by atoms with E-state index in [-0.39, 0.29) is 6.42 Å². The van der Waals surface area contributed by atoms with Crippen molar-refractivity contribution in [2.75, 3.05) is 5.73 Å². The zero-order valence-corrected chi connectivity index (χ0v) is 10.8. The highest BCUT2D eigenvalue weighted by atomic mass is 32.2. The predicted molar refractivity (Wildman–Crippen MR) is 70.6 cm³/mol. The molecule has 0 amide bonds. The molecule has 2 aromatic rings. The first-order valence-electron chi connectivity index (χ1n) is 5.78. The second-order valence-electron chi connectivity index (χ2n) is 4.40. The molecule has 0 fully saturated rings. The number of rotatable bonds is 2. The summed E-state index contributed by atoms with van der Waals surface area (Å²) in [5, 5.41) is 0. The number of halogens is 2. The first kappa shape index (κ1) is 12.3. The average molecular weight is 279 g/mol. The SMILES string of the molecule is Nc1nc(Cc2cc(F)cc(F)c2)nc2c1CSC2. The van der Waals surface area contributed by atoms with Gasteiger partial charge in [-0.05, 0) is 17.7 Å². The van der Waals surface area contributed by atoms with Gasteiger partial charge in [-0.1, -0.05) is 0 Å². The van der Waals surface area contributed by atoms with Crippen LogP contribution in [0.3, 0.4) is 0 Å². The molecule has 0 unspecified atom stereocenters. The van der Waals surface area contributed by atoms with Gasteiger partial charge < -0.3 is 5.73 Å². The molecule has 2 N–H and O–H groups in total. The molecule has 0 radical (unpaired) electrons. The number of nitrogens with zero attached hydrogens (tertiary/aromatic N) is 2. The lowest BCUT2D eigenvalue weighted by atomic mass is 10.1. The number of nitrogen functional groups attached to an aromatic ring is 1. The lowest BCUT2D eigenvalue weighted by molar-refractivity contribution is 0.580. The van der Waals surface area contributed by atoms with Crippen molar-refractivity contribution < 1.29 is 8.78 Å². The Bertz CT molecular complexity index is 626. The first-order valence-corrected chi connectivity index (χ1v) is 6.94. The Kier molecular flexibility index (Phi) is 3.10.